The van der Waals surface area contributed by atoms with Gasteiger partial charge in [-0.05, 0) is 48.0 Å². The van der Waals surface area contributed by atoms with Gasteiger partial charge in [-0.1, -0.05) is 12.1 Å². The average Bonchev–Trinajstić information content (AvgIpc) is 3.29. The minimum atomic E-state index is -0.463. The molecule has 0 aliphatic heterocycles. The van der Waals surface area contributed by atoms with Crippen LogP contribution >= 0.6 is 11.3 Å². The van der Waals surface area contributed by atoms with E-state index >= 15 is 0 Å². The number of rotatable bonds is 6. The van der Waals surface area contributed by atoms with Crippen LogP contribution in [0.2, 0.25) is 0 Å². The highest BCUT2D eigenvalue weighted by molar-refractivity contribution is 7.13. The summed E-state index contributed by atoms with van der Waals surface area (Å²) >= 11 is 1.53. The van der Waals surface area contributed by atoms with Gasteiger partial charge in [-0.2, -0.15) is 0 Å². The van der Waals surface area contributed by atoms with Gasteiger partial charge in [-0.15, -0.1) is 11.3 Å². The topological polar surface area (TPSA) is 98.0 Å². The molecule has 4 rings (SSSR count). The van der Waals surface area contributed by atoms with Gasteiger partial charge >= 0.3 is 0 Å². The molecule has 0 radical (unpaired) electrons. The van der Waals surface area contributed by atoms with E-state index in [1.165, 1.54) is 29.5 Å². The number of hydrogen-bond acceptors (Lipinski definition) is 6. The third-order valence-corrected chi connectivity index (χ3v) is 5.26. The van der Waals surface area contributed by atoms with Crippen molar-refractivity contribution in [3.05, 3.63) is 100 Å². The number of nitrogens with zero attached hydrogens (tertiary/aromatic N) is 3. The Balaban J connectivity index is 1.44. The van der Waals surface area contributed by atoms with Crippen LogP contribution in [0, 0.1) is 10.1 Å². The number of carbonyl (C=O) groups excluding carboxylic acids is 1. The first-order chi connectivity index (χ1) is 15.1. The third-order valence-electron chi connectivity index (χ3n) is 4.37. The van der Waals surface area contributed by atoms with Crippen LogP contribution in [0.5, 0.6) is 0 Å². The van der Waals surface area contributed by atoms with Gasteiger partial charge in [-0.3, -0.25) is 19.9 Å². The predicted octanol–water partition coefficient (Wildman–Crippen LogP) is 5.43. The molecule has 1 N–H and O–H groups in total. The summed E-state index contributed by atoms with van der Waals surface area (Å²) in [7, 11) is 0. The highest BCUT2D eigenvalue weighted by Crippen LogP contribution is 2.29. The molecule has 31 heavy (non-hydrogen) atoms. The Bertz CT molecular complexity index is 1250. The van der Waals surface area contributed by atoms with Gasteiger partial charge in [0.05, 0.1) is 10.6 Å². The van der Waals surface area contributed by atoms with Crippen LogP contribution in [0.3, 0.4) is 0 Å². The van der Waals surface area contributed by atoms with Crippen LogP contribution in [0.4, 0.5) is 11.4 Å². The molecule has 0 aliphatic rings. The second-order valence-electron chi connectivity index (χ2n) is 6.53. The van der Waals surface area contributed by atoms with Crippen molar-refractivity contribution in [1.82, 2.24) is 9.97 Å². The lowest BCUT2D eigenvalue weighted by atomic mass is 10.1. The van der Waals surface area contributed by atoms with E-state index in [2.05, 4.69) is 15.3 Å². The van der Waals surface area contributed by atoms with Crippen LogP contribution < -0.4 is 5.32 Å². The molecule has 2 aromatic heterocycles. The molecule has 0 spiro atoms. The molecular formula is C23H16N4O3S. The van der Waals surface area contributed by atoms with Gasteiger partial charge in [-0.25, -0.2) is 4.98 Å². The molecule has 0 saturated heterocycles. The number of non-ortho nitro benzene ring substituents is 1. The van der Waals surface area contributed by atoms with E-state index in [0.717, 1.165) is 21.8 Å². The number of nitrogens with one attached hydrogen (secondary N) is 1. The van der Waals surface area contributed by atoms with E-state index < -0.39 is 4.92 Å². The summed E-state index contributed by atoms with van der Waals surface area (Å²) in [6, 6.07) is 17.3. The Kier molecular flexibility index (Phi) is 5.91. The van der Waals surface area contributed by atoms with E-state index in [0.29, 0.717) is 11.3 Å². The number of thiazole rings is 1. The first kappa shape index (κ1) is 20.1. The lowest BCUT2D eigenvalue weighted by Gasteiger charge is -2.04. The summed E-state index contributed by atoms with van der Waals surface area (Å²) in [6.45, 7) is 0. The van der Waals surface area contributed by atoms with Crippen LogP contribution in [0.15, 0.2) is 84.5 Å². The van der Waals surface area contributed by atoms with Crippen LogP contribution in [0.1, 0.15) is 5.56 Å². The molecule has 2 heterocycles. The Morgan fingerprint density at radius 1 is 1.06 bits per heavy atom. The Hall–Kier alpha value is -4.17. The SMILES string of the molecule is O=C(/C=C/c1ccc([N+](=O)[O-])cc1)Nc1cccc(-c2csc(-c3cccnc3)n2)c1. The highest BCUT2D eigenvalue weighted by atomic mass is 32.1. The zero-order valence-electron chi connectivity index (χ0n) is 16.1. The summed E-state index contributed by atoms with van der Waals surface area (Å²) in [5, 5.41) is 16.4. The van der Waals surface area contributed by atoms with Crippen molar-refractivity contribution in [2.75, 3.05) is 5.32 Å². The van der Waals surface area contributed by atoms with Crippen molar-refractivity contribution in [2.45, 2.75) is 0 Å². The lowest BCUT2D eigenvalue weighted by Crippen LogP contribution is -2.07. The van der Waals surface area contributed by atoms with Crippen molar-refractivity contribution in [3.63, 3.8) is 0 Å². The minimum Gasteiger partial charge on any atom is -0.322 e. The van der Waals surface area contributed by atoms with E-state index in [4.69, 9.17) is 0 Å². The average molecular weight is 428 g/mol. The minimum absolute atomic E-state index is 0.00661. The molecule has 4 aromatic rings. The number of pyridine rings is 1. The fraction of sp³-hybridized carbons (Fsp3) is 0. The summed E-state index contributed by atoms with van der Waals surface area (Å²) in [5.41, 5.74) is 4.02. The van der Waals surface area contributed by atoms with E-state index in [1.54, 1.807) is 36.7 Å². The number of nitro groups is 1. The standard InChI is InChI=1S/C23H16N4O3S/c28-22(11-8-16-6-9-20(10-7-16)27(29)30)25-19-5-1-3-17(13-19)21-15-31-23(26-21)18-4-2-12-24-14-18/h1-15H,(H,25,28)/b11-8+. The molecule has 1 amide bonds. The fourth-order valence-corrected chi connectivity index (χ4v) is 3.67. The van der Waals surface area contributed by atoms with Crippen LogP contribution in [-0.2, 0) is 4.79 Å². The molecule has 7 nitrogen and oxygen atoms in total. The number of anilines is 1. The monoisotopic (exact) mass is 428 g/mol. The second-order valence-corrected chi connectivity index (χ2v) is 7.39. The zero-order valence-corrected chi connectivity index (χ0v) is 17.0. The fourth-order valence-electron chi connectivity index (χ4n) is 2.85. The lowest BCUT2D eigenvalue weighted by molar-refractivity contribution is -0.384. The Morgan fingerprint density at radius 3 is 2.61 bits per heavy atom. The number of hydrogen-bond donors (Lipinski definition) is 1. The number of amides is 1. The first-order valence-corrected chi connectivity index (χ1v) is 10.2. The van der Waals surface area contributed by atoms with Crippen molar-refractivity contribution >= 4 is 34.7 Å². The number of aromatic nitrogens is 2. The molecule has 0 unspecified atom stereocenters. The largest absolute Gasteiger partial charge is 0.322 e. The maximum atomic E-state index is 12.3. The number of carbonyl (C=O) groups is 1. The second kappa shape index (κ2) is 9.10. The van der Waals surface area contributed by atoms with Crippen LogP contribution in [0.25, 0.3) is 27.9 Å². The summed E-state index contributed by atoms with van der Waals surface area (Å²) in [5.74, 6) is -0.301. The number of benzene rings is 2. The van der Waals surface area contributed by atoms with Crippen molar-refractivity contribution < 1.29 is 9.72 Å². The molecule has 152 valence electrons. The maximum Gasteiger partial charge on any atom is 0.269 e. The molecule has 0 saturated carbocycles. The summed E-state index contributed by atoms with van der Waals surface area (Å²) in [6.07, 6.45) is 6.48. The van der Waals surface area contributed by atoms with Crippen molar-refractivity contribution in [2.24, 2.45) is 0 Å². The first-order valence-electron chi connectivity index (χ1n) is 9.28. The van der Waals surface area contributed by atoms with Crippen molar-refractivity contribution in [1.29, 1.82) is 0 Å². The quantitative estimate of drug-likeness (QED) is 0.251. The number of nitro benzene ring substituents is 1. The molecule has 0 fully saturated rings. The van der Waals surface area contributed by atoms with Crippen molar-refractivity contribution in [3.8, 4) is 21.8 Å². The molecule has 0 aliphatic carbocycles. The third kappa shape index (κ3) is 5.06. The maximum absolute atomic E-state index is 12.3. The van der Waals surface area contributed by atoms with Gasteiger partial charge in [0.15, 0.2) is 0 Å². The van der Waals surface area contributed by atoms with Gasteiger partial charge in [0, 0.05) is 52.8 Å². The zero-order chi connectivity index (χ0) is 21.6. The van der Waals surface area contributed by atoms with E-state index in [9.17, 15) is 14.9 Å². The van der Waals surface area contributed by atoms with E-state index in [-0.39, 0.29) is 11.6 Å². The van der Waals surface area contributed by atoms with E-state index in [1.807, 2.05) is 35.7 Å². The summed E-state index contributed by atoms with van der Waals surface area (Å²) < 4.78 is 0. The Labute approximate surface area is 181 Å². The molecule has 2 aromatic carbocycles. The molecule has 8 heteroatoms. The Morgan fingerprint density at radius 2 is 1.87 bits per heavy atom. The molecule has 0 atom stereocenters. The van der Waals surface area contributed by atoms with Crippen LogP contribution in [-0.4, -0.2) is 20.8 Å². The van der Waals surface area contributed by atoms with Gasteiger partial charge in [0.25, 0.3) is 5.69 Å². The van der Waals surface area contributed by atoms with Gasteiger partial charge < -0.3 is 5.32 Å². The highest BCUT2D eigenvalue weighted by Gasteiger charge is 2.08. The molecule has 0 bridgehead atoms. The normalized spacial score (nSPS) is 10.8. The smallest absolute Gasteiger partial charge is 0.269 e. The van der Waals surface area contributed by atoms with Gasteiger partial charge in [0.1, 0.15) is 5.01 Å². The summed E-state index contributed by atoms with van der Waals surface area (Å²) in [4.78, 5) is 31.3. The predicted molar refractivity (Wildman–Crippen MR) is 122 cm³/mol. The van der Waals surface area contributed by atoms with Gasteiger partial charge in [0.2, 0.25) is 5.91 Å². The molecular weight excluding hydrogens is 412 g/mol.